The zero-order valence-corrected chi connectivity index (χ0v) is 12.9. The molecule has 4 rings (SSSR count). The van der Waals surface area contributed by atoms with E-state index in [0.29, 0.717) is 0 Å². The van der Waals surface area contributed by atoms with Crippen LogP contribution in [0.25, 0.3) is 32.7 Å². The van der Waals surface area contributed by atoms with Crippen molar-refractivity contribution in [3.05, 3.63) is 83.9 Å². The summed E-state index contributed by atoms with van der Waals surface area (Å²) in [5.41, 5.74) is 5.23. The van der Waals surface area contributed by atoms with Crippen LogP contribution in [-0.4, -0.2) is 0 Å². The van der Waals surface area contributed by atoms with Crippen LogP contribution in [0.15, 0.2) is 72.8 Å². The van der Waals surface area contributed by atoms with Crippen molar-refractivity contribution in [2.24, 2.45) is 0 Å². The van der Waals surface area contributed by atoms with Crippen LogP contribution in [-0.2, 0) is 0 Å². The molecule has 22 heavy (non-hydrogen) atoms. The molecule has 0 saturated carbocycles. The fourth-order valence-electron chi connectivity index (χ4n) is 3.23. The zero-order chi connectivity index (χ0) is 15.1. The Bertz CT molecular complexity index is 993. The lowest BCUT2D eigenvalue weighted by molar-refractivity contribution is 1.50. The van der Waals surface area contributed by atoms with Crippen molar-refractivity contribution < 1.29 is 0 Å². The maximum absolute atomic E-state index is 2.30. The maximum Gasteiger partial charge on any atom is -0.0103 e. The molecule has 0 radical (unpaired) electrons. The van der Waals surface area contributed by atoms with Crippen LogP contribution in [0.4, 0.5) is 0 Å². The molecule has 4 aromatic rings. The molecule has 106 valence electrons. The lowest BCUT2D eigenvalue weighted by Gasteiger charge is -2.10. The molecule has 0 spiro atoms. The molecule has 0 bridgehead atoms. The minimum Gasteiger partial charge on any atom is -0.0616 e. The Morgan fingerprint density at radius 2 is 1.32 bits per heavy atom. The van der Waals surface area contributed by atoms with Crippen molar-refractivity contribution >= 4 is 21.5 Å². The summed E-state index contributed by atoms with van der Waals surface area (Å²) in [6, 6.07) is 26.5. The predicted octanol–water partition coefficient (Wildman–Crippen LogP) is 6.28. The molecule has 0 amide bonds. The van der Waals surface area contributed by atoms with E-state index in [1.54, 1.807) is 0 Å². The smallest absolute Gasteiger partial charge is 0.0103 e. The van der Waals surface area contributed by atoms with E-state index >= 15 is 0 Å². The molecule has 0 nitrogen and oxygen atoms in total. The number of hydrogen-bond acceptors (Lipinski definition) is 0. The van der Waals surface area contributed by atoms with Gasteiger partial charge in [-0.05, 0) is 58.1 Å². The van der Waals surface area contributed by atoms with Gasteiger partial charge in [0.05, 0.1) is 0 Å². The molecule has 0 heteroatoms. The molecule has 0 aromatic heterocycles. The second-order valence-corrected chi connectivity index (χ2v) is 6.04. The summed E-state index contributed by atoms with van der Waals surface area (Å²) in [6.07, 6.45) is 0. The van der Waals surface area contributed by atoms with Gasteiger partial charge in [-0.1, -0.05) is 72.3 Å². The summed E-state index contributed by atoms with van der Waals surface area (Å²) in [7, 11) is 0. The topological polar surface area (TPSA) is 0 Å². The van der Waals surface area contributed by atoms with Crippen LogP contribution in [0, 0.1) is 13.8 Å². The standard InChI is InChI=1S/C22H18/c1-15-7-9-18-14-19(11-10-17(18)13-15)21-12-8-16(2)20-5-3-4-6-22(20)21/h3-14H,1-2H3. The molecule has 0 saturated heterocycles. The average molecular weight is 282 g/mol. The Morgan fingerprint density at radius 3 is 2.18 bits per heavy atom. The van der Waals surface area contributed by atoms with Crippen LogP contribution in [0.2, 0.25) is 0 Å². The van der Waals surface area contributed by atoms with Gasteiger partial charge in [-0.2, -0.15) is 0 Å². The van der Waals surface area contributed by atoms with E-state index in [1.165, 1.54) is 43.8 Å². The summed E-state index contributed by atoms with van der Waals surface area (Å²) in [5, 5.41) is 5.27. The third-order valence-corrected chi connectivity index (χ3v) is 4.45. The molecule has 4 aromatic carbocycles. The van der Waals surface area contributed by atoms with Gasteiger partial charge in [0.1, 0.15) is 0 Å². The van der Waals surface area contributed by atoms with Crippen molar-refractivity contribution in [1.82, 2.24) is 0 Å². The lowest BCUT2D eigenvalue weighted by atomic mass is 9.94. The highest BCUT2D eigenvalue weighted by Crippen LogP contribution is 2.32. The number of rotatable bonds is 1. The third kappa shape index (κ3) is 2.08. The highest BCUT2D eigenvalue weighted by molar-refractivity contribution is 6.00. The monoisotopic (exact) mass is 282 g/mol. The molecule has 0 aliphatic rings. The Labute approximate surface area is 131 Å². The summed E-state index contributed by atoms with van der Waals surface area (Å²) in [4.78, 5) is 0. The van der Waals surface area contributed by atoms with Gasteiger partial charge in [0.25, 0.3) is 0 Å². The Kier molecular flexibility index (Phi) is 2.97. The van der Waals surface area contributed by atoms with Gasteiger partial charge in [0.2, 0.25) is 0 Å². The van der Waals surface area contributed by atoms with Crippen LogP contribution in [0.1, 0.15) is 11.1 Å². The van der Waals surface area contributed by atoms with Crippen molar-refractivity contribution in [2.45, 2.75) is 13.8 Å². The Hall–Kier alpha value is -2.60. The largest absolute Gasteiger partial charge is 0.0616 e. The van der Waals surface area contributed by atoms with Crippen LogP contribution < -0.4 is 0 Å². The van der Waals surface area contributed by atoms with E-state index in [-0.39, 0.29) is 0 Å². The summed E-state index contributed by atoms with van der Waals surface area (Å²) >= 11 is 0. The fraction of sp³-hybridized carbons (Fsp3) is 0.0909. The molecule has 0 fully saturated rings. The maximum atomic E-state index is 2.30. The Morgan fingerprint density at radius 1 is 0.591 bits per heavy atom. The normalized spacial score (nSPS) is 11.2. The number of fused-ring (bicyclic) bond motifs is 2. The first-order valence-electron chi connectivity index (χ1n) is 7.71. The quantitative estimate of drug-likeness (QED) is 0.385. The van der Waals surface area contributed by atoms with Crippen molar-refractivity contribution in [3.63, 3.8) is 0 Å². The van der Waals surface area contributed by atoms with E-state index in [2.05, 4.69) is 86.6 Å². The highest BCUT2D eigenvalue weighted by atomic mass is 14.1. The van der Waals surface area contributed by atoms with E-state index in [1.807, 2.05) is 0 Å². The number of benzene rings is 4. The minimum atomic E-state index is 1.28. The van der Waals surface area contributed by atoms with E-state index in [9.17, 15) is 0 Å². The first kappa shape index (κ1) is 13.1. The number of aryl methyl sites for hydroxylation is 2. The zero-order valence-electron chi connectivity index (χ0n) is 12.9. The molecule has 0 atom stereocenters. The molecule has 0 unspecified atom stereocenters. The van der Waals surface area contributed by atoms with E-state index < -0.39 is 0 Å². The van der Waals surface area contributed by atoms with Gasteiger partial charge in [-0.3, -0.25) is 0 Å². The minimum absolute atomic E-state index is 1.28. The van der Waals surface area contributed by atoms with Crippen molar-refractivity contribution in [3.8, 4) is 11.1 Å². The summed E-state index contributed by atoms with van der Waals surface area (Å²) < 4.78 is 0. The van der Waals surface area contributed by atoms with Gasteiger partial charge in [0.15, 0.2) is 0 Å². The molecular formula is C22H18. The lowest BCUT2D eigenvalue weighted by Crippen LogP contribution is -1.85. The van der Waals surface area contributed by atoms with Gasteiger partial charge < -0.3 is 0 Å². The highest BCUT2D eigenvalue weighted by Gasteiger charge is 2.06. The molecule has 0 aliphatic carbocycles. The first-order valence-corrected chi connectivity index (χ1v) is 7.71. The van der Waals surface area contributed by atoms with Gasteiger partial charge >= 0.3 is 0 Å². The van der Waals surface area contributed by atoms with Crippen LogP contribution in [0.3, 0.4) is 0 Å². The molecular weight excluding hydrogens is 264 g/mol. The summed E-state index contributed by atoms with van der Waals surface area (Å²) in [6.45, 7) is 4.32. The van der Waals surface area contributed by atoms with E-state index in [0.717, 1.165) is 0 Å². The summed E-state index contributed by atoms with van der Waals surface area (Å²) in [5.74, 6) is 0. The first-order chi connectivity index (χ1) is 10.7. The number of hydrogen-bond donors (Lipinski definition) is 0. The van der Waals surface area contributed by atoms with Crippen LogP contribution in [0.5, 0.6) is 0 Å². The third-order valence-electron chi connectivity index (χ3n) is 4.45. The van der Waals surface area contributed by atoms with Crippen LogP contribution >= 0.6 is 0 Å². The van der Waals surface area contributed by atoms with E-state index in [4.69, 9.17) is 0 Å². The van der Waals surface area contributed by atoms with Crippen molar-refractivity contribution in [1.29, 1.82) is 0 Å². The SMILES string of the molecule is Cc1ccc2cc(-c3ccc(C)c4ccccc34)ccc2c1. The molecule has 0 heterocycles. The predicted molar refractivity (Wildman–Crippen MR) is 96.4 cm³/mol. The van der Waals surface area contributed by atoms with Crippen molar-refractivity contribution in [2.75, 3.05) is 0 Å². The average Bonchev–Trinajstić information content (AvgIpc) is 2.55. The van der Waals surface area contributed by atoms with Gasteiger partial charge in [-0.25, -0.2) is 0 Å². The Balaban J connectivity index is 1.99. The fourth-order valence-corrected chi connectivity index (χ4v) is 3.23. The molecule has 0 N–H and O–H groups in total. The van der Waals surface area contributed by atoms with Gasteiger partial charge in [0, 0.05) is 0 Å². The second-order valence-electron chi connectivity index (χ2n) is 6.04. The second kappa shape index (κ2) is 4.99. The molecule has 0 aliphatic heterocycles. The van der Waals surface area contributed by atoms with Gasteiger partial charge in [-0.15, -0.1) is 0 Å².